The molecule has 1 aromatic heterocycles. The van der Waals surface area contributed by atoms with Crippen LogP contribution in [0.1, 0.15) is 23.2 Å². The first-order chi connectivity index (χ1) is 13.0. The van der Waals surface area contributed by atoms with Crippen LogP contribution in [0.15, 0.2) is 46.2 Å². The molecule has 0 amide bonds. The molecule has 10 heteroatoms. The van der Waals surface area contributed by atoms with Crippen molar-refractivity contribution in [2.24, 2.45) is 0 Å². The zero-order chi connectivity index (χ0) is 19.3. The van der Waals surface area contributed by atoms with E-state index < -0.39 is 10.0 Å². The molecule has 1 saturated heterocycles. The normalized spacial score (nSPS) is 15.0. The molecule has 0 aliphatic carbocycles. The van der Waals surface area contributed by atoms with E-state index in [1.165, 1.54) is 39.5 Å². The standard InChI is InChI=1S/C17H20N4O3S3/c1-2-10-25-17-20-19-16(26-17)18-12-15(22)13-6-5-7-14(11-13)27(23,24)21-8-3-4-9-21/h2,5-7,11H,1,3-4,8-10,12H2,(H,18,19). The molecular weight excluding hydrogens is 404 g/mol. The van der Waals surface area contributed by atoms with Crippen LogP contribution < -0.4 is 5.32 Å². The molecular formula is C17H20N4O3S3. The average Bonchev–Trinajstić information content (AvgIpc) is 3.37. The van der Waals surface area contributed by atoms with Crippen LogP contribution in [-0.4, -0.2) is 54.1 Å². The van der Waals surface area contributed by atoms with Crippen molar-refractivity contribution in [1.29, 1.82) is 0 Å². The number of Topliss-reactive ketones (excluding diaryl/α,β-unsaturated/α-hetero) is 1. The minimum atomic E-state index is -3.54. The van der Waals surface area contributed by atoms with Gasteiger partial charge < -0.3 is 5.32 Å². The second kappa shape index (κ2) is 8.96. The molecule has 7 nitrogen and oxygen atoms in total. The van der Waals surface area contributed by atoms with Gasteiger partial charge in [-0.1, -0.05) is 41.3 Å². The molecule has 0 spiro atoms. The third kappa shape index (κ3) is 4.95. The number of carbonyl (C=O) groups excluding carboxylic acids is 1. The van der Waals surface area contributed by atoms with Crippen LogP contribution in [0.5, 0.6) is 0 Å². The smallest absolute Gasteiger partial charge is 0.243 e. The summed E-state index contributed by atoms with van der Waals surface area (Å²) in [6, 6.07) is 6.21. The van der Waals surface area contributed by atoms with E-state index in [1.54, 1.807) is 18.2 Å². The molecule has 2 aromatic rings. The summed E-state index contributed by atoms with van der Waals surface area (Å²) in [5, 5.41) is 11.5. The Morgan fingerprint density at radius 2 is 2.11 bits per heavy atom. The van der Waals surface area contributed by atoms with Crippen LogP contribution in [0.3, 0.4) is 0 Å². The summed E-state index contributed by atoms with van der Waals surface area (Å²) in [5.41, 5.74) is 0.355. The summed E-state index contributed by atoms with van der Waals surface area (Å²) in [6.45, 7) is 4.74. The SMILES string of the molecule is C=CCSc1nnc(NCC(=O)c2cccc(S(=O)(=O)N3CCCC3)c2)s1. The maximum Gasteiger partial charge on any atom is 0.243 e. The van der Waals surface area contributed by atoms with E-state index in [1.807, 2.05) is 0 Å². The number of benzene rings is 1. The molecule has 1 aliphatic heterocycles. The van der Waals surface area contributed by atoms with Gasteiger partial charge in [-0.25, -0.2) is 8.42 Å². The number of anilines is 1. The number of hydrogen-bond donors (Lipinski definition) is 1. The molecule has 3 rings (SSSR count). The molecule has 0 radical (unpaired) electrons. The van der Waals surface area contributed by atoms with E-state index in [4.69, 9.17) is 0 Å². The largest absolute Gasteiger partial charge is 0.353 e. The van der Waals surface area contributed by atoms with Crippen molar-refractivity contribution >= 4 is 44.0 Å². The predicted octanol–water partition coefficient (Wildman–Crippen LogP) is 2.90. The lowest BCUT2D eigenvalue weighted by Crippen LogP contribution is -2.28. The molecule has 0 saturated carbocycles. The van der Waals surface area contributed by atoms with E-state index in [2.05, 4.69) is 22.1 Å². The molecule has 1 fully saturated rings. The number of carbonyl (C=O) groups is 1. The van der Waals surface area contributed by atoms with Crippen molar-refractivity contribution < 1.29 is 13.2 Å². The van der Waals surface area contributed by atoms with Crippen molar-refractivity contribution in [2.75, 3.05) is 30.7 Å². The van der Waals surface area contributed by atoms with Gasteiger partial charge in [0, 0.05) is 24.4 Å². The van der Waals surface area contributed by atoms with Crippen molar-refractivity contribution in [3.63, 3.8) is 0 Å². The Bertz CT molecular complexity index is 921. The summed E-state index contributed by atoms with van der Waals surface area (Å²) >= 11 is 2.88. The first kappa shape index (κ1) is 20.0. The lowest BCUT2D eigenvalue weighted by atomic mass is 10.1. The van der Waals surface area contributed by atoms with Gasteiger partial charge in [0.1, 0.15) is 0 Å². The van der Waals surface area contributed by atoms with Gasteiger partial charge in [0.2, 0.25) is 15.2 Å². The van der Waals surface area contributed by atoms with Gasteiger partial charge >= 0.3 is 0 Å². The van der Waals surface area contributed by atoms with Gasteiger partial charge in [-0.3, -0.25) is 4.79 Å². The Kier molecular flexibility index (Phi) is 6.64. The Morgan fingerprint density at radius 1 is 1.33 bits per heavy atom. The first-order valence-corrected chi connectivity index (χ1v) is 11.7. The van der Waals surface area contributed by atoms with Crippen molar-refractivity contribution in [3.05, 3.63) is 42.5 Å². The Balaban J connectivity index is 1.65. The Labute approximate surface area is 166 Å². The van der Waals surface area contributed by atoms with Gasteiger partial charge in [0.15, 0.2) is 10.1 Å². The Morgan fingerprint density at radius 3 is 2.85 bits per heavy atom. The molecule has 0 unspecified atom stereocenters. The van der Waals surface area contributed by atoms with Crippen LogP contribution in [0, 0.1) is 0 Å². The van der Waals surface area contributed by atoms with Crippen molar-refractivity contribution in [2.45, 2.75) is 22.1 Å². The average molecular weight is 425 g/mol. The highest BCUT2D eigenvalue weighted by atomic mass is 32.2. The number of hydrogen-bond acceptors (Lipinski definition) is 8. The molecule has 2 heterocycles. The first-order valence-electron chi connectivity index (χ1n) is 8.45. The van der Waals surface area contributed by atoms with Crippen LogP contribution in [-0.2, 0) is 10.0 Å². The lowest BCUT2D eigenvalue weighted by molar-refractivity contribution is 0.101. The second-order valence-electron chi connectivity index (χ2n) is 5.89. The van der Waals surface area contributed by atoms with Gasteiger partial charge in [0.05, 0.1) is 11.4 Å². The Hall–Kier alpha value is -1.75. The highest BCUT2D eigenvalue weighted by Crippen LogP contribution is 2.25. The minimum Gasteiger partial charge on any atom is -0.353 e. The number of aromatic nitrogens is 2. The fourth-order valence-corrected chi connectivity index (χ4v) is 5.71. The summed E-state index contributed by atoms with van der Waals surface area (Å²) in [5.74, 6) is 0.537. The zero-order valence-corrected chi connectivity index (χ0v) is 17.1. The monoisotopic (exact) mass is 424 g/mol. The zero-order valence-electron chi connectivity index (χ0n) is 14.6. The van der Waals surface area contributed by atoms with Gasteiger partial charge in [0.25, 0.3) is 0 Å². The predicted molar refractivity (Wildman–Crippen MR) is 108 cm³/mol. The fourth-order valence-electron chi connectivity index (χ4n) is 2.64. The highest BCUT2D eigenvalue weighted by Gasteiger charge is 2.27. The summed E-state index contributed by atoms with van der Waals surface area (Å²) in [7, 11) is -3.54. The number of rotatable bonds is 9. The third-order valence-electron chi connectivity index (χ3n) is 3.99. The highest BCUT2D eigenvalue weighted by molar-refractivity contribution is 8.01. The number of ketones is 1. The van der Waals surface area contributed by atoms with Crippen LogP contribution in [0.2, 0.25) is 0 Å². The van der Waals surface area contributed by atoms with Gasteiger partial charge in [-0.05, 0) is 25.0 Å². The summed E-state index contributed by atoms with van der Waals surface area (Å²) < 4.78 is 27.6. The molecule has 27 heavy (non-hydrogen) atoms. The van der Waals surface area contributed by atoms with Gasteiger partial charge in [-0.2, -0.15) is 4.31 Å². The van der Waals surface area contributed by atoms with E-state index in [0.29, 0.717) is 23.8 Å². The van der Waals surface area contributed by atoms with E-state index in [-0.39, 0.29) is 17.2 Å². The quantitative estimate of drug-likeness (QED) is 0.376. The molecule has 1 aliphatic rings. The summed E-state index contributed by atoms with van der Waals surface area (Å²) in [6.07, 6.45) is 3.53. The van der Waals surface area contributed by atoms with E-state index >= 15 is 0 Å². The van der Waals surface area contributed by atoms with Gasteiger partial charge in [-0.15, -0.1) is 16.8 Å². The molecule has 1 N–H and O–H groups in total. The number of nitrogens with one attached hydrogen (secondary N) is 1. The molecule has 0 atom stereocenters. The van der Waals surface area contributed by atoms with Crippen LogP contribution >= 0.6 is 23.1 Å². The maximum absolute atomic E-state index is 12.7. The maximum atomic E-state index is 12.7. The molecule has 144 valence electrons. The topological polar surface area (TPSA) is 92.3 Å². The lowest BCUT2D eigenvalue weighted by Gasteiger charge is -2.15. The van der Waals surface area contributed by atoms with E-state index in [9.17, 15) is 13.2 Å². The fraction of sp³-hybridized carbons (Fsp3) is 0.353. The van der Waals surface area contributed by atoms with Crippen LogP contribution in [0.4, 0.5) is 5.13 Å². The minimum absolute atomic E-state index is 0.0218. The summed E-state index contributed by atoms with van der Waals surface area (Å²) in [4.78, 5) is 12.6. The van der Waals surface area contributed by atoms with Crippen molar-refractivity contribution in [3.8, 4) is 0 Å². The molecule has 1 aromatic carbocycles. The third-order valence-corrected chi connectivity index (χ3v) is 7.89. The number of thioether (sulfide) groups is 1. The molecule has 0 bridgehead atoms. The number of nitrogens with zero attached hydrogens (tertiary/aromatic N) is 3. The van der Waals surface area contributed by atoms with Crippen LogP contribution in [0.25, 0.3) is 0 Å². The van der Waals surface area contributed by atoms with E-state index in [0.717, 1.165) is 22.9 Å². The van der Waals surface area contributed by atoms with Crippen molar-refractivity contribution in [1.82, 2.24) is 14.5 Å². The number of sulfonamides is 1. The second-order valence-corrected chi connectivity index (χ2v) is 10.1.